The van der Waals surface area contributed by atoms with Gasteiger partial charge in [-0.25, -0.2) is 0 Å². The van der Waals surface area contributed by atoms with Gasteiger partial charge in [0.2, 0.25) is 5.91 Å². The molecule has 1 aromatic rings. The van der Waals surface area contributed by atoms with E-state index < -0.39 is 11.4 Å². The van der Waals surface area contributed by atoms with Gasteiger partial charge in [0, 0.05) is 24.2 Å². The number of nitrogens with zero attached hydrogens (tertiary/aromatic N) is 1. The Balaban J connectivity index is 2.39. The summed E-state index contributed by atoms with van der Waals surface area (Å²) in [4.78, 5) is 26.3. The van der Waals surface area contributed by atoms with Crippen molar-refractivity contribution in [1.29, 1.82) is 0 Å². The molecular weight excluding hydrogens is 292 g/mol. The van der Waals surface area contributed by atoms with E-state index in [1.807, 2.05) is 6.92 Å². The summed E-state index contributed by atoms with van der Waals surface area (Å²) in [7, 11) is 1.50. The molecule has 6 heteroatoms. The normalized spacial score (nSPS) is 21.6. The van der Waals surface area contributed by atoms with E-state index in [9.17, 15) is 9.59 Å². The van der Waals surface area contributed by atoms with Gasteiger partial charge in [-0.2, -0.15) is 0 Å². The summed E-state index contributed by atoms with van der Waals surface area (Å²) in [6.45, 7) is 2.42. The highest BCUT2D eigenvalue weighted by Gasteiger charge is 2.49. The van der Waals surface area contributed by atoms with Crippen molar-refractivity contribution in [1.82, 2.24) is 4.90 Å². The maximum atomic E-state index is 12.8. The Hall–Kier alpha value is -1.59. The third-order valence-electron chi connectivity index (χ3n) is 3.99. The van der Waals surface area contributed by atoms with Crippen LogP contribution in [0.4, 0.5) is 0 Å². The second-order valence-corrected chi connectivity index (χ2v) is 5.78. The van der Waals surface area contributed by atoms with Crippen LogP contribution in [0, 0.1) is 6.92 Å². The molecule has 2 N–H and O–H groups in total. The number of amides is 2. The zero-order valence-corrected chi connectivity index (χ0v) is 12.9. The van der Waals surface area contributed by atoms with Crippen molar-refractivity contribution >= 4 is 23.4 Å². The van der Waals surface area contributed by atoms with Crippen molar-refractivity contribution in [3.8, 4) is 0 Å². The number of aryl methyl sites for hydroxylation is 1. The molecule has 0 radical (unpaired) electrons. The highest BCUT2D eigenvalue weighted by molar-refractivity contribution is 6.30. The molecular formula is C15H19ClN2O3. The van der Waals surface area contributed by atoms with E-state index in [0.29, 0.717) is 23.6 Å². The number of hydrogen-bond donors (Lipinski definition) is 1. The lowest BCUT2D eigenvalue weighted by Gasteiger charge is -2.35. The smallest absolute Gasteiger partial charge is 0.255 e. The van der Waals surface area contributed by atoms with E-state index in [0.717, 1.165) is 12.0 Å². The van der Waals surface area contributed by atoms with Gasteiger partial charge in [0.25, 0.3) is 5.91 Å². The number of rotatable bonds is 4. The van der Waals surface area contributed by atoms with E-state index in [2.05, 4.69) is 0 Å². The topological polar surface area (TPSA) is 72.6 Å². The highest BCUT2D eigenvalue weighted by atomic mass is 35.5. The fourth-order valence-corrected chi connectivity index (χ4v) is 3.13. The van der Waals surface area contributed by atoms with Crippen LogP contribution in [-0.2, 0) is 9.53 Å². The van der Waals surface area contributed by atoms with E-state index in [4.69, 9.17) is 22.1 Å². The fraction of sp³-hybridized carbons (Fsp3) is 0.467. The SMILES string of the molecule is COCC1(C(N)=O)CCCN1C(=O)c1ccc(Cl)cc1C. The van der Waals surface area contributed by atoms with Gasteiger partial charge in [-0.1, -0.05) is 11.6 Å². The first-order valence-corrected chi connectivity index (χ1v) is 7.17. The fourth-order valence-electron chi connectivity index (χ4n) is 2.90. The molecule has 114 valence electrons. The number of carbonyl (C=O) groups is 2. The second-order valence-electron chi connectivity index (χ2n) is 5.35. The van der Waals surface area contributed by atoms with Crippen LogP contribution in [0.1, 0.15) is 28.8 Å². The number of benzene rings is 1. The van der Waals surface area contributed by atoms with Crippen LogP contribution in [0.2, 0.25) is 5.02 Å². The zero-order chi connectivity index (χ0) is 15.6. The molecule has 5 nitrogen and oxygen atoms in total. The molecule has 1 unspecified atom stereocenters. The first-order chi connectivity index (χ1) is 9.92. The van der Waals surface area contributed by atoms with Crippen molar-refractivity contribution in [3.63, 3.8) is 0 Å². The Morgan fingerprint density at radius 2 is 2.19 bits per heavy atom. The molecule has 21 heavy (non-hydrogen) atoms. The van der Waals surface area contributed by atoms with Gasteiger partial charge in [0.05, 0.1) is 6.61 Å². The highest BCUT2D eigenvalue weighted by Crippen LogP contribution is 2.32. The third kappa shape index (κ3) is 2.76. The Bertz CT molecular complexity index is 576. The summed E-state index contributed by atoms with van der Waals surface area (Å²) in [6.07, 6.45) is 1.25. The average Bonchev–Trinajstić information content (AvgIpc) is 2.83. The van der Waals surface area contributed by atoms with Gasteiger partial charge < -0.3 is 15.4 Å². The Morgan fingerprint density at radius 1 is 1.48 bits per heavy atom. The molecule has 1 aliphatic heterocycles. The van der Waals surface area contributed by atoms with Crippen LogP contribution in [0.25, 0.3) is 0 Å². The lowest BCUT2D eigenvalue weighted by Crippen LogP contribution is -2.58. The van der Waals surface area contributed by atoms with E-state index >= 15 is 0 Å². The van der Waals surface area contributed by atoms with Gasteiger partial charge in [0.15, 0.2) is 0 Å². The quantitative estimate of drug-likeness (QED) is 0.921. The van der Waals surface area contributed by atoms with Crippen LogP contribution in [0.15, 0.2) is 18.2 Å². The maximum absolute atomic E-state index is 12.8. The van der Waals surface area contributed by atoms with Gasteiger partial charge >= 0.3 is 0 Å². The average molecular weight is 311 g/mol. The van der Waals surface area contributed by atoms with Crippen molar-refractivity contribution in [3.05, 3.63) is 34.3 Å². The summed E-state index contributed by atoms with van der Waals surface area (Å²) >= 11 is 5.92. The minimum Gasteiger partial charge on any atom is -0.382 e. The lowest BCUT2D eigenvalue weighted by atomic mass is 9.95. The number of likely N-dealkylation sites (tertiary alicyclic amines) is 1. The van der Waals surface area contributed by atoms with Crippen LogP contribution in [0.5, 0.6) is 0 Å². The molecule has 1 saturated heterocycles. The zero-order valence-electron chi connectivity index (χ0n) is 12.2. The van der Waals surface area contributed by atoms with Crippen molar-refractivity contribution in [2.45, 2.75) is 25.3 Å². The number of ether oxygens (including phenoxy) is 1. The van der Waals surface area contributed by atoms with Gasteiger partial charge in [-0.15, -0.1) is 0 Å². The summed E-state index contributed by atoms with van der Waals surface area (Å²) in [5.74, 6) is -0.737. The first kappa shape index (κ1) is 15.8. The largest absolute Gasteiger partial charge is 0.382 e. The minimum atomic E-state index is -1.06. The van der Waals surface area contributed by atoms with Crippen molar-refractivity contribution < 1.29 is 14.3 Å². The summed E-state index contributed by atoms with van der Waals surface area (Å²) in [6, 6.07) is 5.07. The predicted molar refractivity (Wildman–Crippen MR) is 80.3 cm³/mol. The molecule has 1 aliphatic rings. The van der Waals surface area contributed by atoms with Crippen LogP contribution < -0.4 is 5.73 Å². The van der Waals surface area contributed by atoms with E-state index in [1.54, 1.807) is 18.2 Å². The molecule has 1 aromatic carbocycles. The van der Waals surface area contributed by atoms with Crippen molar-refractivity contribution in [2.75, 3.05) is 20.3 Å². The number of halogens is 1. The van der Waals surface area contributed by atoms with Gasteiger partial charge in [0.1, 0.15) is 5.54 Å². The molecule has 1 fully saturated rings. The molecule has 0 bridgehead atoms. The van der Waals surface area contributed by atoms with Crippen LogP contribution >= 0.6 is 11.6 Å². The number of nitrogens with two attached hydrogens (primary N) is 1. The standard InChI is InChI=1S/C15H19ClN2O3/c1-10-8-11(16)4-5-12(10)13(19)18-7-3-6-15(18,9-21-2)14(17)20/h4-5,8H,3,6-7,9H2,1-2H3,(H2,17,20). The van der Waals surface area contributed by atoms with Crippen LogP contribution in [-0.4, -0.2) is 42.5 Å². The summed E-state index contributed by atoms with van der Waals surface area (Å²) in [5, 5.41) is 0.573. The van der Waals surface area contributed by atoms with Crippen molar-refractivity contribution in [2.24, 2.45) is 5.73 Å². The Labute approximate surface area is 129 Å². The number of methoxy groups -OCH3 is 1. The third-order valence-corrected chi connectivity index (χ3v) is 4.23. The minimum absolute atomic E-state index is 0.112. The molecule has 0 saturated carbocycles. The monoisotopic (exact) mass is 310 g/mol. The molecule has 1 atom stereocenters. The Morgan fingerprint density at radius 3 is 2.76 bits per heavy atom. The predicted octanol–water partition coefficient (Wildman–Crippen LogP) is 1.75. The maximum Gasteiger partial charge on any atom is 0.255 e. The molecule has 0 aliphatic carbocycles. The number of hydrogen-bond acceptors (Lipinski definition) is 3. The summed E-state index contributed by atoms with van der Waals surface area (Å²) < 4.78 is 5.14. The number of primary amides is 1. The lowest BCUT2D eigenvalue weighted by molar-refractivity contribution is -0.130. The molecule has 2 rings (SSSR count). The van der Waals surface area contributed by atoms with Gasteiger partial charge in [-0.05, 0) is 43.5 Å². The second kappa shape index (κ2) is 6.03. The first-order valence-electron chi connectivity index (χ1n) is 6.79. The molecule has 0 spiro atoms. The molecule has 2 amide bonds. The van der Waals surface area contributed by atoms with E-state index in [-0.39, 0.29) is 12.5 Å². The van der Waals surface area contributed by atoms with Crippen LogP contribution in [0.3, 0.4) is 0 Å². The molecule has 0 aromatic heterocycles. The van der Waals surface area contributed by atoms with E-state index in [1.165, 1.54) is 12.0 Å². The number of carbonyl (C=O) groups excluding carboxylic acids is 2. The Kier molecular flexibility index (Phi) is 4.54. The van der Waals surface area contributed by atoms with Gasteiger partial charge in [-0.3, -0.25) is 9.59 Å². The summed E-state index contributed by atoms with van der Waals surface area (Å²) in [5.41, 5.74) is 5.80. The molecule has 1 heterocycles.